The van der Waals surface area contributed by atoms with Crippen LogP contribution in [0.2, 0.25) is 0 Å². The van der Waals surface area contributed by atoms with E-state index in [9.17, 15) is 49.1 Å². The Morgan fingerprint density at radius 3 is 1.50 bits per heavy atom. The lowest BCUT2D eigenvalue weighted by Gasteiger charge is -2.18. The van der Waals surface area contributed by atoms with Crippen LogP contribution in [-0.4, -0.2) is 49.1 Å². The van der Waals surface area contributed by atoms with Gasteiger partial charge >= 0.3 is 0 Å². The van der Waals surface area contributed by atoms with E-state index in [1.54, 1.807) is 0 Å². The molecular formula is C14H14O11S3. The highest BCUT2D eigenvalue weighted by Crippen LogP contribution is 2.46. The maximum absolute atomic E-state index is 11.6. The van der Waals surface area contributed by atoms with E-state index in [1.165, 1.54) is 0 Å². The summed E-state index contributed by atoms with van der Waals surface area (Å²) < 4.78 is 97.3. The van der Waals surface area contributed by atoms with Gasteiger partial charge < -0.3 is 10.2 Å². The highest BCUT2D eigenvalue weighted by Gasteiger charge is 2.30. The van der Waals surface area contributed by atoms with Crippen molar-refractivity contribution in [3.8, 4) is 22.6 Å². The average Bonchev–Trinajstić information content (AvgIpc) is 2.46. The monoisotopic (exact) mass is 454 g/mol. The highest BCUT2D eigenvalue weighted by molar-refractivity contribution is 7.87. The summed E-state index contributed by atoms with van der Waals surface area (Å²) in [5.41, 5.74) is -2.06. The van der Waals surface area contributed by atoms with Gasteiger partial charge in [-0.2, -0.15) is 25.3 Å². The van der Waals surface area contributed by atoms with Crippen molar-refractivity contribution in [3.05, 3.63) is 29.3 Å². The van der Waals surface area contributed by atoms with Gasteiger partial charge in [0, 0.05) is 11.1 Å². The predicted molar refractivity (Wildman–Crippen MR) is 94.1 cm³/mol. The first kappa shape index (κ1) is 22.1. The summed E-state index contributed by atoms with van der Waals surface area (Å²) in [6.45, 7) is 2.12. The summed E-state index contributed by atoms with van der Waals surface area (Å²) in [5, 5.41) is 20.5. The maximum atomic E-state index is 11.6. The molecule has 0 bridgehead atoms. The van der Waals surface area contributed by atoms with E-state index < -0.39 is 73.2 Å². The number of phenols is 2. The summed E-state index contributed by atoms with van der Waals surface area (Å²) in [6, 6.07) is 1.93. The molecule has 0 fully saturated rings. The fourth-order valence-electron chi connectivity index (χ4n) is 2.76. The van der Waals surface area contributed by atoms with Crippen LogP contribution in [0.25, 0.3) is 11.1 Å². The van der Waals surface area contributed by atoms with Gasteiger partial charge in [0.15, 0.2) is 0 Å². The van der Waals surface area contributed by atoms with Gasteiger partial charge in [-0.25, -0.2) is 0 Å². The first-order valence-electron chi connectivity index (χ1n) is 7.10. The van der Waals surface area contributed by atoms with Gasteiger partial charge in [0.2, 0.25) is 0 Å². The van der Waals surface area contributed by atoms with Crippen LogP contribution in [0.1, 0.15) is 11.1 Å². The van der Waals surface area contributed by atoms with E-state index >= 15 is 0 Å². The van der Waals surface area contributed by atoms with E-state index in [0.717, 1.165) is 26.0 Å². The summed E-state index contributed by atoms with van der Waals surface area (Å²) in [5.74, 6) is -1.92. The third-order valence-corrected chi connectivity index (χ3v) is 6.80. The van der Waals surface area contributed by atoms with Crippen molar-refractivity contribution in [1.82, 2.24) is 0 Å². The summed E-state index contributed by atoms with van der Waals surface area (Å²) >= 11 is 0. The molecule has 28 heavy (non-hydrogen) atoms. The van der Waals surface area contributed by atoms with Crippen LogP contribution in [0.4, 0.5) is 0 Å². The standard InChI is InChI=1S/C14H14O11S3/c1-6-9(26(17,18)19)4-3-8(15)12(6)13-7(2)10(27(20,21)22)5-11(14(13)16)28(23,24)25/h3-5,15-16H,1-2H3,(H,17,18,19)(H,20,21,22)(H,23,24,25). The minimum atomic E-state index is -5.20. The molecule has 0 saturated heterocycles. The second-order valence-electron chi connectivity index (χ2n) is 5.73. The summed E-state index contributed by atoms with van der Waals surface area (Å²) in [6.07, 6.45) is 0. The van der Waals surface area contributed by atoms with Crippen LogP contribution in [0.3, 0.4) is 0 Å². The smallest absolute Gasteiger partial charge is 0.298 e. The number of aromatic hydroxyl groups is 2. The Balaban J connectivity index is 3.20. The van der Waals surface area contributed by atoms with E-state index in [1.807, 2.05) is 0 Å². The number of benzene rings is 2. The minimum absolute atomic E-state index is 0.303. The van der Waals surface area contributed by atoms with Crippen molar-refractivity contribution < 1.29 is 49.1 Å². The van der Waals surface area contributed by atoms with Gasteiger partial charge in [0.1, 0.15) is 16.4 Å². The molecule has 11 nitrogen and oxygen atoms in total. The van der Waals surface area contributed by atoms with Gasteiger partial charge in [0.25, 0.3) is 30.4 Å². The molecule has 154 valence electrons. The lowest BCUT2D eigenvalue weighted by atomic mass is 9.94. The number of hydrogen-bond donors (Lipinski definition) is 5. The molecule has 2 rings (SSSR count). The van der Waals surface area contributed by atoms with Crippen molar-refractivity contribution >= 4 is 30.4 Å². The number of rotatable bonds is 4. The molecule has 2 aromatic carbocycles. The number of phenolic OH excluding ortho intramolecular Hbond substituents is 2. The fourth-order valence-corrected chi connectivity index (χ4v) is 4.94. The Labute approximate surface area is 160 Å². The Morgan fingerprint density at radius 2 is 1.07 bits per heavy atom. The summed E-state index contributed by atoms with van der Waals surface area (Å²) in [7, 11) is -15.1. The van der Waals surface area contributed by atoms with E-state index in [0.29, 0.717) is 6.07 Å². The Bertz CT molecular complexity index is 1250. The zero-order valence-electron chi connectivity index (χ0n) is 14.1. The third kappa shape index (κ3) is 3.82. The van der Waals surface area contributed by atoms with Gasteiger partial charge in [-0.1, -0.05) is 0 Å². The fraction of sp³-hybridized carbons (Fsp3) is 0.143. The predicted octanol–water partition coefficient (Wildman–Crippen LogP) is 1.12. The maximum Gasteiger partial charge on any atom is 0.298 e. The van der Waals surface area contributed by atoms with Gasteiger partial charge in [-0.3, -0.25) is 13.7 Å². The molecule has 0 spiro atoms. The van der Waals surface area contributed by atoms with Crippen molar-refractivity contribution in [2.75, 3.05) is 0 Å². The molecule has 14 heteroatoms. The summed E-state index contributed by atoms with van der Waals surface area (Å²) in [4.78, 5) is -3.05. The molecule has 0 aliphatic heterocycles. The highest BCUT2D eigenvalue weighted by atomic mass is 32.2. The molecule has 0 atom stereocenters. The van der Waals surface area contributed by atoms with Crippen LogP contribution in [0.15, 0.2) is 32.9 Å². The second kappa shape index (κ2) is 6.68. The van der Waals surface area contributed by atoms with Crippen LogP contribution < -0.4 is 0 Å². The molecule has 0 aliphatic rings. The molecule has 0 aliphatic carbocycles. The van der Waals surface area contributed by atoms with Crippen molar-refractivity contribution in [3.63, 3.8) is 0 Å². The first-order valence-corrected chi connectivity index (χ1v) is 11.4. The van der Waals surface area contributed by atoms with Gasteiger partial charge in [-0.15, -0.1) is 0 Å². The Morgan fingerprint density at radius 1 is 0.643 bits per heavy atom. The normalized spacial score (nSPS) is 12.9. The lowest BCUT2D eigenvalue weighted by Crippen LogP contribution is -2.09. The van der Waals surface area contributed by atoms with E-state index in [-0.39, 0.29) is 5.56 Å². The third-order valence-electron chi connectivity index (χ3n) is 3.95. The Hall–Kier alpha value is -2.23. The van der Waals surface area contributed by atoms with Gasteiger partial charge in [0.05, 0.1) is 9.79 Å². The molecule has 0 aromatic heterocycles. The molecular weight excluding hydrogens is 440 g/mol. The zero-order valence-corrected chi connectivity index (χ0v) is 16.6. The van der Waals surface area contributed by atoms with E-state index in [4.69, 9.17) is 0 Å². The molecule has 5 N–H and O–H groups in total. The molecule has 0 amide bonds. The molecule has 0 radical (unpaired) electrons. The van der Waals surface area contributed by atoms with Crippen LogP contribution in [0, 0.1) is 13.8 Å². The molecule has 0 heterocycles. The van der Waals surface area contributed by atoms with Crippen LogP contribution >= 0.6 is 0 Å². The second-order valence-corrected chi connectivity index (χ2v) is 9.90. The lowest BCUT2D eigenvalue weighted by molar-refractivity contribution is 0.440. The number of hydrogen-bond acceptors (Lipinski definition) is 8. The largest absolute Gasteiger partial charge is 0.507 e. The van der Waals surface area contributed by atoms with Crippen LogP contribution in [-0.2, 0) is 30.4 Å². The molecule has 0 saturated carbocycles. The topological polar surface area (TPSA) is 204 Å². The molecule has 0 unspecified atom stereocenters. The molecule has 2 aromatic rings. The minimum Gasteiger partial charge on any atom is -0.507 e. The van der Waals surface area contributed by atoms with Crippen molar-refractivity contribution in [1.29, 1.82) is 0 Å². The Kier molecular flexibility index (Phi) is 5.26. The average molecular weight is 454 g/mol. The SMILES string of the molecule is Cc1c(S(=O)(=O)O)ccc(O)c1-c1c(C)c(S(=O)(=O)O)cc(S(=O)(=O)O)c1O. The quantitative estimate of drug-likeness (QED) is 0.414. The zero-order chi connectivity index (χ0) is 21.8. The first-order chi connectivity index (χ1) is 12.5. The van der Waals surface area contributed by atoms with Crippen molar-refractivity contribution in [2.45, 2.75) is 28.5 Å². The van der Waals surface area contributed by atoms with Gasteiger partial charge in [-0.05, 0) is 43.2 Å². The van der Waals surface area contributed by atoms with Crippen LogP contribution in [0.5, 0.6) is 11.5 Å². The van der Waals surface area contributed by atoms with Crippen molar-refractivity contribution in [2.24, 2.45) is 0 Å². The van der Waals surface area contributed by atoms with E-state index in [2.05, 4.69) is 0 Å².